The second kappa shape index (κ2) is 6.11. The molecule has 4 aliphatic carbocycles. The third-order valence-corrected chi connectivity index (χ3v) is 9.66. The Balaban J connectivity index is 1.78. The maximum Gasteiger partial charge on any atom is 0.137 e. The van der Waals surface area contributed by atoms with E-state index in [1.165, 1.54) is 0 Å². The van der Waals surface area contributed by atoms with Gasteiger partial charge in [0.2, 0.25) is 0 Å². The first-order chi connectivity index (χ1) is 13.1. The lowest BCUT2D eigenvalue weighted by Gasteiger charge is -2.71. The van der Waals surface area contributed by atoms with Crippen molar-refractivity contribution in [2.24, 2.45) is 40.4 Å². The van der Waals surface area contributed by atoms with Crippen molar-refractivity contribution in [2.75, 3.05) is 0 Å². The van der Waals surface area contributed by atoms with Gasteiger partial charge in [-0.25, -0.2) is 0 Å². The van der Waals surface area contributed by atoms with Crippen LogP contribution in [0.2, 0.25) is 10.4 Å². The number of carbonyl (C=O) groups excluding carboxylic acids is 2. The Morgan fingerprint density at radius 2 is 1.62 bits per heavy atom. The smallest absolute Gasteiger partial charge is 0.137 e. The Morgan fingerprint density at radius 1 is 1.00 bits per heavy atom. The molecule has 4 rings (SSSR count). The third kappa shape index (κ3) is 2.53. The fraction of sp³-hybridized carbons (Fsp3) is 0.905. The number of ketones is 2. The maximum absolute atomic E-state index is 13.6. The van der Waals surface area contributed by atoms with Gasteiger partial charge in [-0.1, -0.05) is 37.1 Å². The molecule has 0 aromatic carbocycles. The monoisotopic (exact) mass is 382 g/mol. The van der Waals surface area contributed by atoms with E-state index in [0.29, 0.717) is 18.8 Å². The first kappa shape index (κ1) is 21.8. The van der Waals surface area contributed by atoms with E-state index in [9.17, 15) is 14.7 Å². The van der Waals surface area contributed by atoms with Crippen LogP contribution < -0.4 is 0 Å². The van der Waals surface area contributed by atoms with Gasteiger partial charge < -0.3 is 5.11 Å². The van der Waals surface area contributed by atoms with Gasteiger partial charge in [-0.3, -0.25) is 9.59 Å². The molecule has 4 fully saturated rings. The molecule has 0 heterocycles. The molecule has 0 aromatic heterocycles. The Labute approximate surface area is 181 Å². The summed E-state index contributed by atoms with van der Waals surface area (Å²) < 4.78 is 0. The van der Waals surface area contributed by atoms with E-state index in [1.54, 1.807) is 6.92 Å². The van der Waals surface area contributed by atoms with Crippen molar-refractivity contribution in [3.63, 3.8) is 0 Å². The molecule has 0 aliphatic heterocycles. The summed E-state index contributed by atoms with van der Waals surface area (Å²) in [5.74, 6) is 0.0208. The highest BCUT2D eigenvalue weighted by Crippen LogP contribution is 2.73. The molecule has 144 valence electrons. The predicted molar refractivity (Wildman–Crippen MR) is 116 cm³/mol. The molecule has 29 heavy (non-hydrogen) atoms. The first-order valence-electron chi connectivity index (χ1n) is 10.8. The van der Waals surface area contributed by atoms with Gasteiger partial charge in [0.05, 0.1) is 31.4 Å². The van der Waals surface area contributed by atoms with Crippen LogP contribution >= 0.6 is 0 Å². The average Bonchev–Trinajstić information content (AvgIpc) is 2.89. The minimum Gasteiger partial charge on any atom is -0.402 e. The first-order valence-corrected chi connectivity index (χ1v) is 10.8. The quantitative estimate of drug-likeness (QED) is 0.699. The summed E-state index contributed by atoms with van der Waals surface area (Å²) in [6.07, 6.45) is 3.75. The molecular formula is C21H27B5O3. The normalized spacial score (nSPS) is 52.8. The van der Waals surface area contributed by atoms with E-state index in [1.807, 2.05) is 6.92 Å². The Morgan fingerprint density at radius 3 is 2.21 bits per heavy atom. The van der Waals surface area contributed by atoms with Crippen LogP contribution in [0.3, 0.4) is 0 Å². The van der Waals surface area contributed by atoms with E-state index >= 15 is 0 Å². The lowest BCUT2D eigenvalue weighted by Crippen LogP contribution is -2.69. The largest absolute Gasteiger partial charge is 0.402 e. The zero-order valence-corrected chi connectivity index (χ0v) is 17.8. The van der Waals surface area contributed by atoms with E-state index in [0.717, 1.165) is 19.3 Å². The van der Waals surface area contributed by atoms with E-state index in [4.69, 9.17) is 39.2 Å². The van der Waals surface area contributed by atoms with E-state index in [-0.39, 0.29) is 47.1 Å². The SMILES string of the molecule is [B]C1([B])C[C@]2(C)[C@H]3C(=O)C[C@]4(C)[C@@H](C(C)=O)CC[C@H]4[C@@H]3CC[C@H]2C([B])([B])[C@]1([B])O. The van der Waals surface area contributed by atoms with Crippen LogP contribution in [0.5, 0.6) is 0 Å². The molecule has 3 nitrogen and oxygen atoms in total. The summed E-state index contributed by atoms with van der Waals surface area (Å²) >= 11 is 0. The molecule has 0 bridgehead atoms. The number of rotatable bonds is 1. The zero-order chi connectivity index (χ0) is 21.8. The molecule has 0 aromatic rings. The van der Waals surface area contributed by atoms with Gasteiger partial charge in [-0.15, -0.1) is 0 Å². The number of hydrogen-bond acceptors (Lipinski definition) is 3. The number of carbonyl (C=O) groups is 2. The standard InChI is InChI=1S/C21H27B5O3/c1-10(27)12-5-6-13-11-4-7-15-18(3,16(11)14(28)8-17(12,13)2)9-19(22,23)21(26,29)20(15,24)25/h11-13,15-16,29H,4-9H2,1-3H3/t11-,12+,13-,15+,16+,17+,18-,21+/m0/s1. The zero-order valence-electron chi connectivity index (χ0n) is 17.8. The highest BCUT2D eigenvalue weighted by Gasteiger charge is 2.69. The van der Waals surface area contributed by atoms with Gasteiger partial charge in [0.25, 0.3) is 0 Å². The van der Waals surface area contributed by atoms with Gasteiger partial charge in [0, 0.05) is 23.8 Å². The molecule has 0 spiro atoms. The van der Waals surface area contributed by atoms with Gasteiger partial charge in [0.15, 0.2) is 0 Å². The van der Waals surface area contributed by atoms with Crippen molar-refractivity contribution in [1.29, 1.82) is 0 Å². The van der Waals surface area contributed by atoms with Crippen LogP contribution in [0.1, 0.15) is 59.3 Å². The van der Waals surface area contributed by atoms with Crippen LogP contribution in [0, 0.1) is 40.4 Å². The molecule has 4 aliphatic rings. The molecule has 4 saturated carbocycles. The minimum atomic E-state index is -2.16. The van der Waals surface area contributed by atoms with Crippen molar-refractivity contribution in [3.8, 4) is 0 Å². The van der Waals surface area contributed by atoms with Gasteiger partial charge >= 0.3 is 0 Å². The molecule has 0 amide bonds. The van der Waals surface area contributed by atoms with Crippen molar-refractivity contribution in [2.45, 2.75) is 75.2 Å². The highest BCUT2D eigenvalue weighted by atomic mass is 16.3. The van der Waals surface area contributed by atoms with Crippen LogP contribution in [-0.2, 0) is 9.59 Å². The molecular weight excluding hydrogens is 354 g/mol. The third-order valence-electron chi connectivity index (χ3n) is 9.66. The number of Topliss-reactive ketones (excluding diaryl/α,β-unsaturated/α-hetero) is 2. The van der Waals surface area contributed by atoms with Crippen LogP contribution in [0.25, 0.3) is 0 Å². The van der Waals surface area contributed by atoms with E-state index < -0.39 is 21.3 Å². The Kier molecular flexibility index (Phi) is 4.60. The second-order valence-electron chi connectivity index (χ2n) is 11.2. The molecule has 10 radical (unpaired) electrons. The summed E-state index contributed by atoms with van der Waals surface area (Å²) in [5.41, 5.74) is -3.11. The maximum atomic E-state index is 13.6. The van der Waals surface area contributed by atoms with Gasteiger partial charge in [-0.05, 0) is 54.8 Å². The van der Waals surface area contributed by atoms with Gasteiger partial charge in [-0.2, -0.15) is 0 Å². The topological polar surface area (TPSA) is 54.4 Å². The highest BCUT2D eigenvalue weighted by molar-refractivity contribution is 6.52. The van der Waals surface area contributed by atoms with Crippen LogP contribution in [0.4, 0.5) is 0 Å². The fourth-order valence-electron chi connectivity index (χ4n) is 8.43. The van der Waals surface area contributed by atoms with Crippen LogP contribution in [-0.4, -0.2) is 61.4 Å². The summed E-state index contributed by atoms with van der Waals surface area (Å²) in [7, 11) is 31.5. The van der Waals surface area contributed by atoms with Crippen molar-refractivity contribution in [3.05, 3.63) is 0 Å². The lowest BCUT2D eigenvalue weighted by molar-refractivity contribution is -0.167. The fourth-order valence-corrected chi connectivity index (χ4v) is 8.43. The van der Waals surface area contributed by atoms with Crippen molar-refractivity contribution in [1.82, 2.24) is 0 Å². The lowest BCUT2D eigenvalue weighted by atomic mass is 9.18. The van der Waals surface area contributed by atoms with Crippen molar-refractivity contribution < 1.29 is 14.7 Å². The summed E-state index contributed by atoms with van der Waals surface area (Å²) in [6.45, 7) is 5.75. The molecule has 8 heteroatoms. The number of hydrogen-bond donors (Lipinski definition) is 1. The molecule has 0 unspecified atom stereocenters. The molecule has 8 atom stereocenters. The summed E-state index contributed by atoms with van der Waals surface area (Å²) in [5, 5.41) is 7.45. The van der Waals surface area contributed by atoms with Crippen molar-refractivity contribution >= 4 is 50.8 Å². The van der Waals surface area contributed by atoms with Gasteiger partial charge in [0.1, 0.15) is 19.4 Å². The Hall–Kier alpha value is -0.375. The number of fused-ring (bicyclic) bond motifs is 5. The minimum absolute atomic E-state index is 0.0605. The average molecular weight is 382 g/mol. The number of aliphatic hydroxyl groups is 1. The van der Waals surface area contributed by atoms with E-state index in [2.05, 4.69) is 6.92 Å². The molecule has 1 N–H and O–H groups in total. The summed E-state index contributed by atoms with van der Waals surface area (Å²) in [4.78, 5) is 25.9. The second-order valence-corrected chi connectivity index (χ2v) is 11.2. The molecule has 0 saturated heterocycles. The predicted octanol–water partition coefficient (Wildman–Crippen LogP) is 1.40. The summed E-state index contributed by atoms with van der Waals surface area (Å²) in [6, 6.07) is 0. The van der Waals surface area contributed by atoms with Crippen LogP contribution in [0.15, 0.2) is 0 Å². The Bertz CT molecular complexity index is 765.